The lowest BCUT2D eigenvalue weighted by molar-refractivity contribution is 0.102. The molecule has 0 spiro atoms. The number of para-hydroxylation sites is 1. The van der Waals surface area contributed by atoms with Crippen LogP contribution in [0, 0.1) is 12.7 Å². The summed E-state index contributed by atoms with van der Waals surface area (Å²) in [5.41, 5.74) is 5.51. The molecule has 1 amide bonds. The van der Waals surface area contributed by atoms with Crippen LogP contribution < -0.4 is 10.1 Å². The number of hydrogen-bond acceptors (Lipinski definition) is 2. The molecule has 3 rings (SSSR count). The Labute approximate surface area is 170 Å². The average molecular weight is 389 g/mol. The summed E-state index contributed by atoms with van der Waals surface area (Å²) in [5.74, 6) is -0.182. The number of rotatable bonds is 5. The van der Waals surface area contributed by atoms with Crippen molar-refractivity contribution >= 4 is 17.2 Å². The van der Waals surface area contributed by atoms with Gasteiger partial charge in [0.15, 0.2) is 0 Å². The lowest BCUT2D eigenvalue weighted by Crippen LogP contribution is -2.15. The highest BCUT2D eigenvalue weighted by Gasteiger charge is 2.15. The van der Waals surface area contributed by atoms with E-state index in [2.05, 4.69) is 19.2 Å². The molecular weight excluding hydrogens is 365 g/mol. The summed E-state index contributed by atoms with van der Waals surface area (Å²) in [4.78, 5) is 12.5. The van der Waals surface area contributed by atoms with Crippen LogP contribution in [0.3, 0.4) is 0 Å². The maximum atomic E-state index is 14.0. The summed E-state index contributed by atoms with van der Waals surface area (Å²) in [6.45, 7) is 5.83. The maximum absolute atomic E-state index is 14.0. The second-order valence-electron chi connectivity index (χ2n) is 7.04. The van der Waals surface area contributed by atoms with Gasteiger partial charge in [0.25, 0.3) is 5.91 Å². The predicted molar refractivity (Wildman–Crippen MR) is 116 cm³/mol. The highest BCUT2D eigenvalue weighted by atomic mass is 19.1. The van der Waals surface area contributed by atoms with Crippen molar-refractivity contribution in [3.8, 4) is 5.75 Å². The van der Waals surface area contributed by atoms with Crippen molar-refractivity contribution in [2.75, 3.05) is 12.4 Å². The summed E-state index contributed by atoms with van der Waals surface area (Å²) in [6.07, 6.45) is 0. The fourth-order valence-electron chi connectivity index (χ4n) is 3.40. The third kappa shape index (κ3) is 4.37. The van der Waals surface area contributed by atoms with E-state index in [0.717, 1.165) is 28.0 Å². The summed E-state index contributed by atoms with van der Waals surface area (Å²) in [7, 11) is 1.66. The number of allylic oxidation sites excluding steroid dienone is 1. The van der Waals surface area contributed by atoms with Crippen molar-refractivity contribution in [2.24, 2.45) is 0 Å². The number of methoxy groups -OCH3 is 1. The summed E-state index contributed by atoms with van der Waals surface area (Å²) in [6, 6.07) is 20.0. The van der Waals surface area contributed by atoms with Crippen LogP contribution in [0.25, 0.3) is 5.57 Å². The lowest BCUT2D eigenvalue weighted by atomic mass is 9.93. The molecule has 29 heavy (non-hydrogen) atoms. The number of hydrogen-bond donors (Lipinski definition) is 1. The summed E-state index contributed by atoms with van der Waals surface area (Å²) >= 11 is 0. The molecule has 0 atom stereocenters. The van der Waals surface area contributed by atoms with Gasteiger partial charge in [-0.25, -0.2) is 4.39 Å². The Kier molecular flexibility index (Phi) is 6.13. The van der Waals surface area contributed by atoms with E-state index in [0.29, 0.717) is 11.3 Å². The third-order valence-corrected chi connectivity index (χ3v) is 4.76. The Hall–Kier alpha value is -3.40. The molecule has 0 fully saturated rings. The predicted octanol–water partition coefficient (Wildman–Crippen LogP) is 6.24. The minimum absolute atomic E-state index is 0.0654. The number of ether oxygens (including phenoxy) is 1. The molecular formula is C25H24FNO2. The van der Waals surface area contributed by atoms with Gasteiger partial charge in [0.1, 0.15) is 11.6 Å². The molecule has 0 bridgehead atoms. The van der Waals surface area contributed by atoms with Crippen LogP contribution in [0.5, 0.6) is 5.75 Å². The van der Waals surface area contributed by atoms with E-state index in [1.54, 1.807) is 26.2 Å². The molecule has 3 nitrogen and oxygen atoms in total. The molecule has 0 heterocycles. The topological polar surface area (TPSA) is 38.3 Å². The Bertz CT molecular complexity index is 1040. The van der Waals surface area contributed by atoms with Gasteiger partial charge in [-0.15, -0.1) is 0 Å². The number of carbonyl (C=O) groups excluding carboxylic acids is 1. The van der Waals surface area contributed by atoms with Crippen molar-refractivity contribution in [1.82, 2.24) is 0 Å². The van der Waals surface area contributed by atoms with E-state index in [9.17, 15) is 9.18 Å². The number of benzene rings is 3. The fraction of sp³-hybridized carbons (Fsp3) is 0.160. The van der Waals surface area contributed by atoms with Crippen LogP contribution in [0.1, 0.15) is 40.9 Å². The molecule has 0 aliphatic heterocycles. The molecule has 3 aromatic rings. The molecule has 0 aliphatic carbocycles. The Morgan fingerprint density at radius 3 is 2.24 bits per heavy atom. The standard InChI is InChI=1S/C25H24FNO2/c1-16(2)23(20-9-5-6-11-22(20)29-4)18-12-14-19(15-13-18)27-25(28)24-17(3)8-7-10-21(24)26/h5-15H,1-4H3,(H,27,28). The molecule has 0 radical (unpaired) electrons. The normalized spacial score (nSPS) is 10.4. The maximum Gasteiger partial charge on any atom is 0.258 e. The number of anilines is 1. The van der Waals surface area contributed by atoms with Gasteiger partial charge in [-0.1, -0.05) is 48.0 Å². The van der Waals surface area contributed by atoms with Gasteiger partial charge >= 0.3 is 0 Å². The lowest BCUT2D eigenvalue weighted by Gasteiger charge is -2.15. The smallest absolute Gasteiger partial charge is 0.258 e. The molecule has 0 unspecified atom stereocenters. The van der Waals surface area contributed by atoms with Crippen molar-refractivity contribution in [3.63, 3.8) is 0 Å². The van der Waals surface area contributed by atoms with Gasteiger partial charge in [-0.3, -0.25) is 4.79 Å². The second-order valence-corrected chi connectivity index (χ2v) is 7.04. The zero-order chi connectivity index (χ0) is 21.0. The Morgan fingerprint density at radius 1 is 0.931 bits per heavy atom. The van der Waals surface area contributed by atoms with E-state index in [1.165, 1.54) is 6.07 Å². The van der Waals surface area contributed by atoms with Crippen LogP contribution in [0.15, 0.2) is 72.3 Å². The largest absolute Gasteiger partial charge is 0.496 e. The van der Waals surface area contributed by atoms with Gasteiger partial charge in [-0.05, 0) is 61.7 Å². The Morgan fingerprint density at radius 2 is 1.62 bits per heavy atom. The number of carbonyl (C=O) groups is 1. The molecule has 0 aliphatic rings. The van der Waals surface area contributed by atoms with Crippen LogP contribution in [0.2, 0.25) is 0 Å². The number of nitrogens with one attached hydrogen (secondary N) is 1. The molecule has 3 aromatic carbocycles. The second kappa shape index (κ2) is 8.74. The van der Waals surface area contributed by atoms with E-state index in [-0.39, 0.29) is 5.56 Å². The van der Waals surface area contributed by atoms with Crippen molar-refractivity contribution in [1.29, 1.82) is 0 Å². The summed E-state index contributed by atoms with van der Waals surface area (Å²) < 4.78 is 19.6. The zero-order valence-electron chi connectivity index (χ0n) is 17.0. The highest BCUT2D eigenvalue weighted by molar-refractivity contribution is 6.05. The Balaban J connectivity index is 1.89. The van der Waals surface area contributed by atoms with E-state index >= 15 is 0 Å². The molecule has 0 saturated carbocycles. The highest BCUT2D eigenvalue weighted by Crippen LogP contribution is 2.33. The third-order valence-electron chi connectivity index (χ3n) is 4.76. The monoisotopic (exact) mass is 389 g/mol. The first-order valence-corrected chi connectivity index (χ1v) is 9.40. The van der Waals surface area contributed by atoms with Crippen LogP contribution >= 0.6 is 0 Å². The quantitative estimate of drug-likeness (QED) is 0.561. The average Bonchev–Trinajstić information content (AvgIpc) is 2.69. The first-order valence-electron chi connectivity index (χ1n) is 9.40. The van der Waals surface area contributed by atoms with Crippen molar-refractivity contribution in [2.45, 2.75) is 20.8 Å². The molecule has 1 N–H and O–H groups in total. The fourth-order valence-corrected chi connectivity index (χ4v) is 3.40. The van der Waals surface area contributed by atoms with E-state index in [4.69, 9.17) is 4.74 Å². The number of amides is 1. The van der Waals surface area contributed by atoms with Gasteiger partial charge < -0.3 is 10.1 Å². The van der Waals surface area contributed by atoms with Crippen molar-refractivity contribution in [3.05, 3.63) is 100 Å². The summed E-state index contributed by atoms with van der Waals surface area (Å²) in [5, 5.41) is 2.78. The van der Waals surface area contributed by atoms with Crippen LogP contribution in [-0.2, 0) is 0 Å². The number of aryl methyl sites for hydroxylation is 1. The van der Waals surface area contributed by atoms with E-state index in [1.807, 2.05) is 48.5 Å². The first kappa shape index (κ1) is 20.3. The van der Waals surface area contributed by atoms with Gasteiger partial charge in [0.05, 0.1) is 12.7 Å². The van der Waals surface area contributed by atoms with Gasteiger partial charge in [0, 0.05) is 11.3 Å². The zero-order valence-corrected chi connectivity index (χ0v) is 17.0. The minimum atomic E-state index is -0.526. The van der Waals surface area contributed by atoms with Gasteiger partial charge in [-0.2, -0.15) is 0 Å². The van der Waals surface area contributed by atoms with Gasteiger partial charge in [0.2, 0.25) is 0 Å². The first-order chi connectivity index (χ1) is 13.9. The van der Waals surface area contributed by atoms with Crippen LogP contribution in [-0.4, -0.2) is 13.0 Å². The molecule has 4 heteroatoms. The van der Waals surface area contributed by atoms with Crippen molar-refractivity contribution < 1.29 is 13.9 Å². The number of halogens is 1. The van der Waals surface area contributed by atoms with Crippen LogP contribution in [0.4, 0.5) is 10.1 Å². The SMILES string of the molecule is COc1ccccc1C(=C(C)C)c1ccc(NC(=O)c2c(C)cccc2F)cc1. The van der Waals surface area contributed by atoms with E-state index < -0.39 is 11.7 Å². The molecule has 0 saturated heterocycles. The minimum Gasteiger partial charge on any atom is -0.496 e. The molecule has 148 valence electrons. The molecule has 0 aromatic heterocycles.